The van der Waals surface area contributed by atoms with Gasteiger partial charge in [-0.1, -0.05) is 0 Å². The average Bonchev–Trinajstić information content (AvgIpc) is 3.54. The molecule has 4 amide bonds. The zero-order valence-corrected chi connectivity index (χ0v) is 35.7. The van der Waals surface area contributed by atoms with Crippen LogP contribution in [0.3, 0.4) is 0 Å². The van der Waals surface area contributed by atoms with Gasteiger partial charge in [0, 0.05) is 0 Å². The van der Waals surface area contributed by atoms with Crippen LogP contribution in [-0.4, -0.2) is 42.0 Å². The van der Waals surface area contributed by atoms with Gasteiger partial charge in [0.05, 0.1) is 0 Å². The van der Waals surface area contributed by atoms with Gasteiger partial charge in [-0.2, -0.15) is 0 Å². The Balaban J connectivity index is 1.19. The summed E-state index contributed by atoms with van der Waals surface area (Å²) in [5.74, 6) is -1.23. The molecule has 0 spiro atoms. The van der Waals surface area contributed by atoms with E-state index in [0.29, 0.717) is 33.6 Å². The van der Waals surface area contributed by atoms with Crippen molar-refractivity contribution in [3.05, 3.63) is 144 Å². The second-order valence-electron chi connectivity index (χ2n) is 16.7. The zero-order valence-electron chi connectivity index (χ0n) is 32.8. The molecule has 9 aromatic rings. The molecule has 12 rings (SSSR count). The third-order valence-electron chi connectivity index (χ3n) is 13.8. The van der Waals surface area contributed by atoms with Crippen LogP contribution in [0, 0.1) is 0 Å². The van der Waals surface area contributed by atoms with E-state index in [1.165, 1.54) is 17.0 Å². The molecule has 0 saturated carbocycles. The van der Waals surface area contributed by atoms with Crippen molar-refractivity contribution in [2.75, 3.05) is 9.80 Å². The van der Waals surface area contributed by atoms with Crippen LogP contribution in [-0.2, 0) is 0 Å². The number of hydrogen-bond acceptors (Lipinski definition) is 4. The van der Waals surface area contributed by atoms with Gasteiger partial charge in [0.25, 0.3) is 0 Å². The van der Waals surface area contributed by atoms with Crippen molar-refractivity contribution in [1.82, 2.24) is 0 Å². The van der Waals surface area contributed by atoms with Crippen molar-refractivity contribution in [1.29, 1.82) is 0 Å². The first-order chi connectivity index (χ1) is 28.9. The number of carbonyl (C=O) groups is 4. The number of benzene rings is 9. The number of anilines is 2. The van der Waals surface area contributed by atoms with Crippen molar-refractivity contribution in [3.63, 3.8) is 0 Å². The van der Waals surface area contributed by atoms with Gasteiger partial charge in [0.15, 0.2) is 0 Å². The fourth-order valence-corrected chi connectivity index (χ4v) is 27.9. The minimum atomic E-state index is -3.82. The van der Waals surface area contributed by atoms with Crippen molar-refractivity contribution in [2.45, 2.75) is 48.4 Å². The predicted molar refractivity (Wildman–Crippen MR) is 242 cm³/mol. The standard InChI is InChI=1S/C44H20N2O4.2C4H9.Sn/c47-41-31-19-15-27-29-17-21-33-40-34(44(50)46(43(33)49)36-14-6-10-24-8-2-4-12-26(24)36)22-18-30(38(29)40)28-16-20-32(39(31)37(27)28)42(48)45(41)35-13-5-9-23-7-1-3-11-25(23)35;2*1-3-4-2;/h1-15,17,19-22H;2*1,3-4H2,2H3;. The molecule has 9 aromatic carbocycles. The van der Waals surface area contributed by atoms with Crippen molar-refractivity contribution in [2.24, 2.45) is 0 Å². The maximum atomic E-state index is 15.2. The van der Waals surface area contributed by atoms with Crippen molar-refractivity contribution in [3.8, 4) is 0 Å². The molecule has 0 fully saturated rings. The second-order valence-corrected chi connectivity index (χ2v) is 28.8. The van der Waals surface area contributed by atoms with Gasteiger partial charge in [-0.05, 0) is 0 Å². The SMILES string of the molecule is CCC[CH2][Sn]1([CH2]CCC)[c]2cc3c4c(ccc5c6ccc7c8c(c[c]1c(c2c45)c86)C(=O)N(c1cccc2ccccc12)C7=O)C(=O)N(c1cccc2ccccc12)C3=O. The molecular weight excluding hydrogens is 835 g/mol. The van der Waals surface area contributed by atoms with E-state index < -0.39 is 18.4 Å². The Hall–Kier alpha value is -6.12. The first-order valence-electron chi connectivity index (χ1n) is 20.9. The third kappa shape index (κ3) is 4.37. The van der Waals surface area contributed by atoms with E-state index in [-0.39, 0.29) is 23.6 Å². The van der Waals surface area contributed by atoms with Gasteiger partial charge >= 0.3 is 346 Å². The molecule has 0 atom stereocenters. The molecular formula is C52H38N2O4Sn. The molecule has 0 saturated heterocycles. The fourth-order valence-electron chi connectivity index (χ4n) is 11.2. The Labute approximate surface area is 344 Å². The summed E-state index contributed by atoms with van der Waals surface area (Å²) in [5, 5.41) is 11.2. The monoisotopic (exact) mass is 874 g/mol. The molecule has 6 nitrogen and oxygen atoms in total. The molecule has 0 unspecified atom stereocenters. The second kappa shape index (κ2) is 12.4. The first kappa shape index (κ1) is 34.9. The Morgan fingerprint density at radius 3 is 1.25 bits per heavy atom. The fraction of sp³-hybridized carbons (Fsp3) is 0.154. The quantitative estimate of drug-likeness (QED) is 0.0660. The summed E-state index contributed by atoms with van der Waals surface area (Å²) >= 11 is -3.82. The average molecular weight is 874 g/mol. The van der Waals surface area contributed by atoms with Crippen LogP contribution in [0.1, 0.15) is 81.0 Å². The van der Waals surface area contributed by atoms with Crippen LogP contribution in [0.4, 0.5) is 11.4 Å². The molecule has 0 radical (unpaired) electrons. The molecule has 3 heterocycles. The predicted octanol–water partition coefficient (Wildman–Crippen LogP) is 11.1. The van der Waals surface area contributed by atoms with Crippen LogP contribution in [0.2, 0.25) is 8.87 Å². The van der Waals surface area contributed by atoms with E-state index in [4.69, 9.17) is 0 Å². The molecule has 284 valence electrons. The van der Waals surface area contributed by atoms with Crippen LogP contribution >= 0.6 is 0 Å². The Morgan fingerprint density at radius 1 is 0.407 bits per heavy atom. The number of nitrogens with zero attached hydrogens (tertiary/aromatic N) is 2. The molecule has 3 aliphatic rings. The van der Waals surface area contributed by atoms with E-state index in [0.717, 1.165) is 99.2 Å². The maximum absolute atomic E-state index is 15.2. The number of carbonyl (C=O) groups excluding carboxylic acids is 4. The van der Waals surface area contributed by atoms with Gasteiger partial charge in [0.1, 0.15) is 0 Å². The summed E-state index contributed by atoms with van der Waals surface area (Å²) in [4.78, 5) is 62.9. The minimum absolute atomic E-state index is 0.294. The molecule has 0 N–H and O–H groups in total. The van der Waals surface area contributed by atoms with E-state index in [9.17, 15) is 9.59 Å². The number of rotatable bonds is 8. The topological polar surface area (TPSA) is 74.8 Å². The summed E-state index contributed by atoms with van der Waals surface area (Å²) in [5.41, 5.74) is 3.39. The first-order valence-corrected chi connectivity index (χ1v) is 27.8. The third-order valence-corrected chi connectivity index (χ3v) is 28.8. The molecule has 3 aliphatic heterocycles. The van der Waals surface area contributed by atoms with Gasteiger partial charge in [-0.25, -0.2) is 0 Å². The number of amides is 4. The van der Waals surface area contributed by atoms with Crippen LogP contribution in [0.15, 0.2) is 121 Å². The zero-order chi connectivity index (χ0) is 39.9. The summed E-state index contributed by atoms with van der Waals surface area (Å²) in [6.07, 6.45) is 4.15. The van der Waals surface area contributed by atoms with Gasteiger partial charge in [-0.3, -0.25) is 0 Å². The molecule has 0 aliphatic carbocycles. The Morgan fingerprint density at radius 2 is 0.814 bits per heavy atom. The Kier molecular flexibility index (Phi) is 7.36. The van der Waals surface area contributed by atoms with Gasteiger partial charge in [-0.15, -0.1) is 0 Å². The molecule has 0 bridgehead atoms. The summed E-state index contributed by atoms with van der Waals surface area (Å²) in [6, 6.07) is 39.7. The van der Waals surface area contributed by atoms with Crippen molar-refractivity contribution >= 4 is 125 Å². The van der Waals surface area contributed by atoms with E-state index in [2.05, 4.69) is 26.0 Å². The van der Waals surface area contributed by atoms with Crippen molar-refractivity contribution < 1.29 is 19.2 Å². The normalized spacial score (nSPS) is 15.6. The van der Waals surface area contributed by atoms with Crippen LogP contribution < -0.4 is 17.0 Å². The summed E-state index contributed by atoms with van der Waals surface area (Å²) in [7, 11) is 0. The van der Waals surface area contributed by atoms with Crippen LogP contribution in [0.5, 0.6) is 0 Å². The van der Waals surface area contributed by atoms with E-state index in [1.54, 1.807) is 0 Å². The number of imide groups is 2. The van der Waals surface area contributed by atoms with E-state index >= 15 is 9.59 Å². The number of hydrogen-bond donors (Lipinski definition) is 0. The number of unbranched alkanes of at least 4 members (excludes halogenated alkanes) is 2. The number of fused-ring (bicyclic) bond motifs is 3. The molecule has 0 aromatic heterocycles. The van der Waals surface area contributed by atoms with Gasteiger partial charge < -0.3 is 0 Å². The molecule has 59 heavy (non-hydrogen) atoms. The van der Waals surface area contributed by atoms with Gasteiger partial charge in [0.2, 0.25) is 0 Å². The Bertz CT molecular complexity index is 3190. The summed E-state index contributed by atoms with van der Waals surface area (Å²) in [6.45, 7) is 4.48. The van der Waals surface area contributed by atoms with E-state index in [1.807, 2.05) is 109 Å². The summed E-state index contributed by atoms with van der Waals surface area (Å²) < 4.78 is 4.70. The van der Waals surface area contributed by atoms with Crippen LogP contribution in [0.25, 0.3) is 64.6 Å². The molecule has 7 heteroatoms.